The zero-order valence-corrected chi connectivity index (χ0v) is 10.4. The molecular weight excluding hydrogens is 230 g/mol. The maximum Gasteiger partial charge on any atom is 0.246 e. The molecule has 4 nitrogen and oxygen atoms in total. The van der Waals surface area contributed by atoms with Crippen LogP contribution in [0.2, 0.25) is 0 Å². The summed E-state index contributed by atoms with van der Waals surface area (Å²) in [5, 5.41) is 19.4. The van der Waals surface area contributed by atoms with Crippen LogP contribution >= 0.6 is 0 Å². The van der Waals surface area contributed by atoms with Crippen LogP contribution in [0.3, 0.4) is 0 Å². The lowest BCUT2D eigenvalue weighted by Gasteiger charge is -2.16. The summed E-state index contributed by atoms with van der Waals surface area (Å²) < 4.78 is 11.0. The van der Waals surface area contributed by atoms with Crippen molar-refractivity contribution in [2.24, 2.45) is 0 Å². The van der Waals surface area contributed by atoms with Gasteiger partial charge in [-0.3, -0.25) is 0 Å². The zero-order valence-electron chi connectivity index (χ0n) is 10.4. The Morgan fingerprint density at radius 3 is 2.78 bits per heavy atom. The molecule has 1 aromatic carbocycles. The number of hydrogen-bond acceptors (Lipinski definition) is 4. The van der Waals surface area contributed by atoms with Crippen molar-refractivity contribution in [3.63, 3.8) is 0 Å². The van der Waals surface area contributed by atoms with Crippen LogP contribution in [-0.4, -0.2) is 17.3 Å². The topological polar surface area (TPSA) is 66.4 Å². The van der Waals surface area contributed by atoms with Crippen LogP contribution in [0.15, 0.2) is 28.7 Å². The van der Waals surface area contributed by atoms with Gasteiger partial charge < -0.3 is 14.3 Å². The van der Waals surface area contributed by atoms with Gasteiger partial charge in [0, 0.05) is 6.42 Å². The molecule has 18 heavy (non-hydrogen) atoms. The van der Waals surface area contributed by atoms with Crippen molar-refractivity contribution >= 4 is 11.0 Å². The molecule has 0 aliphatic rings. The first-order chi connectivity index (χ1) is 8.51. The van der Waals surface area contributed by atoms with Gasteiger partial charge in [0.05, 0.1) is 17.6 Å². The molecule has 1 N–H and O–H groups in total. The van der Waals surface area contributed by atoms with E-state index in [1.807, 2.05) is 24.3 Å². The monoisotopic (exact) mass is 245 g/mol. The molecule has 4 heteroatoms. The number of furan rings is 1. The van der Waals surface area contributed by atoms with E-state index in [9.17, 15) is 5.11 Å². The maximum absolute atomic E-state index is 9.62. The van der Waals surface area contributed by atoms with E-state index >= 15 is 0 Å². The molecule has 0 saturated carbocycles. The molecule has 0 amide bonds. The van der Waals surface area contributed by atoms with Gasteiger partial charge in [0.15, 0.2) is 5.75 Å². The molecule has 0 atom stereocenters. The molecule has 94 valence electrons. The van der Waals surface area contributed by atoms with Crippen LogP contribution in [0.5, 0.6) is 5.75 Å². The summed E-state index contributed by atoms with van der Waals surface area (Å²) in [5.41, 5.74) is -0.154. The lowest BCUT2D eigenvalue weighted by Crippen LogP contribution is -2.21. The Bertz CT molecular complexity index is 587. The van der Waals surface area contributed by atoms with Crippen molar-refractivity contribution in [2.75, 3.05) is 6.61 Å². The van der Waals surface area contributed by atoms with Gasteiger partial charge >= 0.3 is 0 Å². The van der Waals surface area contributed by atoms with Crippen molar-refractivity contribution in [3.8, 4) is 11.8 Å². The Kier molecular flexibility index (Phi) is 3.26. The standard InChI is InChI=1S/C14H15NO3/c1-14(2,16)7-8-17-13-10-5-3-4-6-11(10)18-12(13)9-15/h3-6,16H,7-8H2,1-2H3. The normalized spacial score (nSPS) is 11.4. The second-order valence-corrected chi connectivity index (χ2v) is 4.78. The highest BCUT2D eigenvalue weighted by Gasteiger charge is 2.17. The predicted molar refractivity (Wildman–Crippen MR) is 67.3 cm³/mol. The quantitative estimate of drug-likeness (QED) is 0.899. The number of nitriles is 1. The first-order valence-corrected chi connectivity index (χ1v) is 5.78. The number of aliphatic hydroxyl groups is 1. The molecule has 0 fully saturated rings. The summed E-state index contributed by atoms with van der Waals surface area (Å²) >= 11 is 0. The molecule has 0 bridgehead atoms. The molecule has 0 saturated heterocycles. The molecule has 2 rings (SSSR count). The molecular formula is C14H15NO3. The number of benzene rings is 1. The van der Waals surface area contributed by atoms with E-state index < -0.39 is 5.60 Å². The van der Waals surface area contributed by atoms with Crippen molar-refractivity contribution in [1.29, 1.82) is 5.26 Å². The minimum atomic E-state index is -0.785. The van der Waals surface area contributed by atoms with Gasteiger partial charge in [-0.1, -0.05) is 12.1 Å². The van der Waals surface area contributed by atoms with Crippen LogP contribution in [0, 0.1) is 11.3 Å². The van der Waals surface area contributed by atoms with Crippen LogP contribution < -0.4 is 4.74 Å². The average Bonchev–Trinajstić information content (AvgIpc) is 2.66. The minimum Gasteiger partial charge on any atom is -0.488 e. The van der Waals surface area contributed by atoms with Crippen molar-refractivity contribution in [2.45, 2.75) is 25.9 Å². The van der Waals surface area contributed by atoms with Crippen molar-refractivity contribution < 1.29 is 14.3 Å². The number of rotatable bonds is 4. The van der Waals surface area contributed by atoms with Crippen LogP contribution in [-0.2, 0) is 0 Å². The molecule has 0 aliphatic carbocycles. The fourth-order valence-corrected chi connectivity index (χ4v) is 1.64. The fraction of sp³-hybridized carbons (Fsp3) is 0.357. The molecule has 0 spiro atoms. The number of hydrogen-bond donors (Lipinski definition) is 1. The molecule has 0 radical (unpaired) electrons. The number of fused-ring (bicyclic) bond motifs is 1. The van der Waals surface area contributed by atoms with Gasteiger partial charge in [0.25, 0.3) is 0 Å². The van der Waals surface area contributed by atoms with Gasteiger partial charge in [-0.2, -0.15) is 5.26 Å². The smallest absolute Gasteiger partial charge is 0.246 e. The molecule has 0 aliphatic heterocycles. The maximum atomic E-state index is 9.62. The molecule has 2 aromatic rings. The van der Waals surface area contributed by atoms with E-state index in [-0.39, 0.29) is 5.76 Å². The van der Waals surface area contributed by atoms with Crippen LogP contribution in [0.4, 0.5) is 0 Å². The Hall–Kier alpha value is -1.99. The van der Waals surface area contributed by atoms with Gasteiger partial charge in [0.2, 0.25) is 5.76 Å². The molecule has 0 unspecified atom stereocenters. The highest BCUT2D eigenvalue weighted by Crippen LogP contribution is 2.32. The SMILES string of the molecule is CC(C)(O)CCOc1c(C#N)oc2ccccc12. The summed E-state index contributed by atoms with van der Waals surface area (Å²) in [6, 6.07) is 9.32. The lowest BCUT2D eigenvalue weighted by atomic mass is 10.1. The van der Waals surface area contributed by atoms with Gasteiger partial charge in [-0.05, 0) is 26.0 Å². The Morgan fingerprint density at radius 1 is 1.39 bits per heavy atom. The van der Waals surface area contributed by atoms with Gasteiger partial charge in [-0.15, -0.1) is 0 Å². The second kappa shape index (κ2) is 4.71. The first kappa shape index (κ1) is 12.5. The number of nitrogens with zero attached hydrogens (tertiary/aromatic N) is 1. The zero-order chi connectivity index (χ0) is 13.2. The lowest BCUT2D eigenvalue weighted by molar-refractivity contribution is 0.0553. The van der Waals surface area contributed by atoms with E-state index in [1.54, 1.807) is 19.9 Å². The first-order valence-electron chi connectivity index (χ1n) is 5.78. The van der Waals surface area contributed by atoms with E-state index in [4.69, 9.17) is 14.4 Å². The number of ether oxygens (including phenoxy) is 1. The highest BCUT2D eigenvalue weighted by molar-refractivity contribution is 5.86. The van der Waals surface area contributed by atoms with E-state index in [0.717, 1.165) is 5.39 Å². The fourth-order valence-electron chi connectivity index (χ4n) is 1.64. The average molecular weight is 245 g/mol. The van der Waals surface area contributed by atoms with Crippen LogP contribution in [0.25, 0.3) is 11.0 Å². The Balaban J connectivity index is 2.24. The van der Waals surface area contributed by atoms with Crippen molar-refractivity contribution in [1.82, 2.24) is 0 Å². The van der Waals surface area contributed by atoms with Gasteiger partial charge in [0.1, 0.15) is 11.7 Å². The third kappa shape index (κ3) is 2.63. The van der Waals surface area contributed by atoms with Crippen molar-refractivity contribution in [3.05, 3.63) is 30.0 Å². The Labute approximate surface area is 105 Å². The van der Waals surface area contributed by atoms with Crippen LogP contribution in [0.1, 0.15) is 26.0 Å². The van der Waals surface area contributed by atoms with E-state index in [1.165, 1.54) is 0 Å². The highest BCUT2D eigenvalue weighted by atomic mass is 16.5. The third-order valence-electron chi connectivity index (χ3n) is 2.61. The third-order valence-corrected chi connectivity index (χ3v) is 2.61. The van der Waals surface area contributed by atoms with E-state index in [2.05, 4.69) is 0 Å². The minimum absolute atomic E-state index is 0.173. The molecule has 1 heterocycles. The predicted octanol–water partition coefficient (Wildman–Crippen LogP) is 2.84. The Morgan fingerprint density at radius 2 is 2.11 bits per heavy atom. The summed E-state index contributed by atoms with van der Waals surface area (Å²) in [4.78, 5) is 0. The second-order valence-electron chi connectivity index (χ2n) is 4.78. The largest absolute Gasteiger partial charge is 0.488 e. The summed E-state index contributed by atoms with van der Waals surface area (Å²) in [6.07, 6.45) is 0.484. The summed E-state index contributed by atoms with van der Waals surface area (Å²) in [7, 11) is 0. The summed E-state index contributed by atoms with van der Waals surface area (Å²) in [6.45, 7) is 3.77. The number of para-hydroxylation sites is 1. The van der Waals surface area contributed by atoms with E-state index in [0.29, 0.717) is 24.4 Å². The van der Waals surface area contributed by atoms with Gasteiger partial charge in [-0.25, -0.2) is 0 Å². The molecule has 1 aromatic heterocycles. The summed E-state index contributed by atoms with van der Waals surface area (Å²) in [5.74, 6) is 0.629.